The van der Waals surface area contributed by atoms with Crippen LogP contribution < -0.4 is 10.9 Å². The van der Waals surface area contributed by atoms with Crippen molar-refractivity contribution < 1.29 is 13.9 Å². The van der Waals surface area contributed by atoms with Crippen molar-refractivity contribution in [2.45, 2.75) is 20.5 Å². The molecule has 1 N–H and O–H groups in total. The van der Waals surface area contributed by atoms with Crippen molar-refractivity contribution in [3.05, 3.63) is 88.0 Å². The monoisotopic (exact) mass is 401 g/mol. The van der Waals surface area contributed by atoms with Crippen LogP contribution in [-0.4, -0.2) is 16.1 Å². The number of aromatic nitrogens is 2. The lowest BCUT2D eigenvalue weighted by molar-refractivity contribution is 0.154. The maximum absolute atomic E-state index is 12.2. The Balaban J connectivity index is 1.42. The number of carbonyl (C=O) groups is 1. The number of aryl methyl sites for hydroxylation is 2. The van der Waals surface area contributed by atoms with Crippen LogP contribution in [0.2, 0.25) is 0 Å². The van der Waals surface area contributed by atoms with Crippen molar-refractivity contribution >= 4 is 22.7 Å². The summed E-state index contributed by atoms with van der Waals surface area (Å²) < 4.78 is 10.5. The quantitative estimate of drug-likeness (QED) is 0.502. The molecule has 0 saturated heterocycles. The molecule has 2 aromatic carbocycles. The highest BCUT2D eigenvalue weighted by Crippen LogP contribution is 2.21. The van der Waals surface area contributed by atoms with Gasteiger partial charge in [-0.05, 0) is 31.5 Å². The van der Waals surface area contributed by atoms with E-state index in [1.54, 1.807) is 24.4 Å². The number of fused-ring (bicyclic) bond motifs is 1. The summed E-state index contributed by atoms with van der Waals surface area (Å²) in [6, 6.07) is 16.2. The van der Waals surface area contributed by atoms with Crippen LogP contribution in [0.1, 0.15) is 16.8 Å². The number of nitrogens with zero attached hydrogens (tertiary/aromatic N) is 2. The van der Waals surface area contributed by atoms with Gasteiger partial charge in [-0.15, -0.1) is 0 Å². The molecule has 0 spiro atoms. The molecule has 0 radical (unpaired) electrons. The Hall–Kier alpha value is -4.00. The normalized spacial score (nSPS) is 10.7. The van der Waals surface area contributed by atoms with E-state index in [0.29, 0.717) is 22.7 Å². The second kappa shape index (κ2) is 8.16. The molecule has 7 nitrogen and oxygen atoms in total. The van der Waals surface area contributed by atoms with E-state index < -0.39 is 11.7 Å². The minimum Gasteiger partial charge on any atom is -0.444 e. The maximum atomic E-state index is 12.2. The highest BCUT2D eigenvalue weighted by atomic mass is 16.5. The van der Waals surface area contributed by atoms with E-state index in [0.717, 1.165) is 22.2 Å². The Bertz CT molecular complexity index is 1280. The Morgan fingerprint density at radius 2 is 1.90 bits per heavy atom. The molecule has 0 atom stereocenters. The summed E-state index contributed by atoms with van der Waals surface area (Å²) in [4.78, 5) is 32.6. The third-order valence-electron chi connectivity index (χ3n) is 4.67. The Morgan fingerprint density at radius 3 is 2.67 bits per heavy atom. The van der Waals surface area contributed by atoms with Gasteiger partial charge in [0.2, 0.25) is 0 Å². The Kier molecular flexibility index (Phi) is 5.26. The van der Waals surface area contributed by atoms with Gasteiger partial charge in [0.1, 0.15) is 12.2 Å². The molecule has 0 bridgehead atoms. The fourth-order valence-corrected chi connectivity index (χ4v) is 3.06. The average Bonchev–Trinajstić information content (AvgIpc) is 2.73. The molecule has 0 unspecified atom stereocenters. The molecular weight excluding hydrogens is 382 g/mol. The molecular formula is C23H19N3O4. The first-order valence-electron chi connectivity index (χ1n) is 9.36. The standard InChI is InChI=1S/C23H19N3O4/c1-14-10-21(27)30-20-11-18(8-9-19(14)20)26-23(28)29-13-17-12-24-22(25-15(17)2)16-6-4-3-5-7-16/h3-12H,13H2,1-2H3,(H,26,28). The summed E-state index contributed by atoms with van der Waals surface area (Å²) in [6.45, 7) is 3.71. The lowest BCUT2D eigenvalue weighted by Crippen LogP contribution is -2.14. The van der Waals surface area contributed by atoms with Gasteiger partial charge in [-0.1, -0.05) is 30.3 Å². The fraction of sp³-hybridized carbons (Fsp3) is 0.130. The lowest BCUT2D eigenvalue weighted by Gasteiger charge is -2.10. The van der Waals surface area contributed by atoms with Gasteiger partial charge in [0, 0.05) is 46.2 Å². The van der Waals surface area contributed by atoms with Gasteiger partial charge in [0.05, 0.1) is 0 Å². The molecule has 0 fully saturated rings. The van der Waals surface area contributed by atoms with Crippen molar-refractivity contribution in [1.82, 2.24) is 9.97 Å². The third-order valence-corrected chi connectivity index (χ3v) is 4.67. The number of hydrogen-bond acceptors (Lipinski definition) is 6. The number of amides is 1. The highest BCUT2D eigenvalue weighted by Gasteiger charge is 2.10. The van der Waals surface area contributed by atoms with Crippen LogP contribution in [0.3, 0.4) is 0 Å². The number of ether oxygens (including phenoxy) is 1. The average molecular weight is 401 g/mol. The van der Waals surface area contributed by atoms with Crippen LogP contribution >= 0.6 is 0 Å². The van der Waals surface area contributed by atoms with Crippen LogP contribution in [0.5, 0.6) is 0 Å². The molecule has 0 aliphatic rings. The molecule has 4 aromatic rings. The number of benzene rings is 2. The zero-order valence-corrected chi connectivity index (χ0v) is 16.5. The summed E-state index contributed by atoms with van der Waals surface area (Å²) in [6.07, 6.45) is 1.03. The largest absolute Gasteiger partial charge is 0.444 e. The van der Waals surface area contributed by atoms with Gasteiger partial charge in [0.15, 0.2) is 5.82 Å². The molecule has 4 rings (SSSR count). The second-order valence-electron chi connectivity index (χ2n) is 6.83. The smallest absolute Gasteiger partial charge is 0.411 e. The summed E-state index contributed by atoms with van der Waals surface area (Å²) in [5.41, 5.74) is 3.61. The Labute approximate surface area is 172 Å². The van der Waals surface area contributed by atoms with Crippen LogP contribution in [0.25, 0.3) is 22.4 Å². The number of nitrogens with one attached hydrogen (secondary N) is 1. The maximum Gasteiger partial charge on any atom is 0.411 e. The first-order chi connectivity index (χ1) is 14.5. The number of hydrogen-bond donors (Lipinski definition) is 1. The topological polar surface area (TPSA) is 94.3 Å². The summed E-state index contributed by atoms with van der Waals surface area (Å²) in [5, 5.41) is 3.44. The van der Waals surface area contributed by atoms with Crippen molar-refractivity contribution in [3.63, 3.8) is 0 Å². The molecule has 2 heterocycles. The van der Waals surface area contributed by atoms with Crippen molar-refractivity contribution in [2.24, 2.45) is 0 Å². The van der Waals surface area contributed by atoms with Crippen LogP contribution in [0.15, 0.2) is 70.0 Å². The number of rotatable bonds is 4. The van der Waals surface area contributed by atoms with Gasteiger partial charge in [-0.2, -0.15) is 0 Å². The van der Waals surface area contributed by atoms with Crippen LogP contribution in [0, 0.1) is 13.8 Å². The number of carbonyl (C=O) groups excluding carboxylic acids is 1. The van der Waals surface area contributed by atoms with E-state index in [1.165, 1.54) is 6.07 Å². The minimum atomic E-state index is -0.629. The van der Waals surface area contributed by atoms with E-state index in [-0.39, 0.29) is 6.61 Å². The van der Waals surface area contributed by atoms with Gasteiger partial charge in [-0.25, -0.2) is 19.6 Å². The van der Waals surface area contributed by atoms with Crippen molar-refractivity contribution in [3.8, 4) is 11.4 Å². The minimum absolute atomic E-state index is 0.0362. The Morgan fingerprint density at radius 1 is 1.10 bits per heavy atom. The predicted molar refractivity (Wildman–Crippen MR) is 113 cm³/mol. The molecule has 0 aliphatic carbocycles. The lowest BCUT2D eigenvalue weighted by atomic mass is 10.1. The summed E-state index contributed by atoms with van der Waals surface area (Å²) in [7, 11) is 0. The van der Waals surface area contributed by atoms with E-state index in [4.69, 9.17) is 9.15 Å². The van der Waals surface area contributed by atoms with Crippen molar-refractivity contribution in [2.75, 3.05) is 5.32 Å². The van der Waals surface area contributed by atoms with Gasteiger partial charge in [-0.3, -0.25) is 5.32 Å². The highest BCUT2D eigenvalue weighted by molar-refractivity contribution is 5.89. The first kappa shape index (κ1) is 19.3. The van der Waals surface area contributed by atoms with E-state index in [9.17, 15) is 9.59 Å². The molecule has 0 saturated carbocycles. The van der Waals surface area contributed by atoms with E-state index >= 15 is 0 Å². The van der Waals surface area contributed by atoms with Gasteiger partial charge >= 0.3 is 11.7 Å². The molecule has 2 aromatic heterocycles. The fourth-order valence-electron chi connectivity index (χ4n) is 3.06. The third kappa shape index (κ3) is 4.20. The zero-order valence-electron chi connectivity index (χ0n) is 16.5. The SMILES string of the molecule is Cc1nc(-c2ccccc2)ncc1COC(=O)Nc1ccc2c(C)cc(=O)oc2c1. The molecule has 150 valence electrons. The molecule has 7 heteroatoms. The zero-order chi connectivity index (χ0) is 21.1. The summed E-state index contributed by atoms with van der Waals surface area (Å²) in [5.74, 6) is 0.620. The number of anilines is 1. The summed E-state index contributed by atoms with van der Waals surface area (Å²) >= 11 is 0. The first-order valence-corrected chi connectivity index (χ1v) is 9.36. The van der Waals surface area contributed by atoms with E-state index in [2.05, 4.69) is 15.3 Å². The van der Waals surface area contributed by atoms with E-state index in [1.807, 2.05) is 44.2 Å². The molecule has 1 amide bonds. The second-order valence-corrected chi connectivity index (χ2v) is 6.83. The predicted octanol–water partition coefficient (Wildman–Crippen LogP) is 4.62. The van der Waals surface area contributed by atoms with Crippen molar-refractivity contribution in [1.29, 1.82) is 0 Å². The van der Waals surface area contributed by atoms with Crippen LogP contribution in [-0.2, 0) is 11.3 Å². The van der Waals surface area contributed by atoms with Gasteiger partial charge in [0.25, 0.3) is 0 Å². The van der Waals surface area contributed by atoms with Crippen LogP contribution in [0.4, 0.5) is 10.5 Å². The molecule has 0 aliphatic heterocycles. The van der Waals surface area contributed by atoms with Gasteiger partial charge < -0.3 is 9.15 Å². The molecule has 30 heavy (non-hydrogen) atoms.